The van der Waals surface area contributed by atoms with Gasteiger partial charge < -0.3 is 9.88 Å². The standard InChI is InChI=1S/C13H19N3O2S/c1-9-4-3-5-16(7-9)12(18)8-19-13-14-10(2)6-11(17)15-13/h6,9H,3-5,7-8H2,1-2H3,(H,14,15,17)/t9-/m1/s1. The maximum Gasteiger partial charge on any atom is 0.251 e. The molecular formula is C13H19N3O2S. The fourth-order valence-electron chi connectivity index (χ4n) is 2.26. The van der Waals surface area contributed by atoms with Gasteiger partial charge in [0.25, 0.3) is 5.56 Å². The molecule has 5 nitrogen and oxygen atoms in total. The van der Waals surface area contributed by atoms with Gasteiger partial charge in [0.1, 0.15) is 0 Å². The number of thioether (sulfide) groups is 1. The molecule has 2 heterocycles. The lowest BCUT2D eigenvalue weighted by molar-refractivity contribution is -0.130. The van der Waals surface area contributed by atoms with Gasteiger partial charge in [-0.2, -0.15) is 0 Å². The van der Waals surface area contributed by atoms with Crippen LogP contribution in [0.1, 0.15) is 25.5 Å². The molecule has 104 valence electrons. The third-order valence-corrected chi connectivity index (χ3v) is 4.05. The van der Waals surface area contributed by atoms with Gasteiger partial charge in [-0.25, -0.2) is 4.98 Å². The minimum absolute atomic E-state index is 0.126. The van der Waals surface area contributed by atoms with Crippen LogP contribution in [0.25, 0.3) is 0 Å². The number of likely N-dealkylation sites (tertiary alicyclic amines) is 1. The van der Waals surface area contributed by atoms with E-state index in [1.165, 1.54) is 24.2 Å². The number of nitrogens with zero attached hydrogens (tertiary/aromatic N) is 2. The molecule has 1 aliphatic heterocycles. The van der Waals surface area contributed by atoms with E-state index in [9.17, 15) is 9.59 Å². The number of H-pyrrole nitrogens is 1. The Labute approximate surface area is 116 Å². The summed E-state index contributed by atoms with van der Waals surface area (Å²) in [5.74, 6) is 1.04. The Bertz CT molecular complexity index is 515. The van der Waals surface area contributed by atoms with Crippen LogP contribution in [0.15, 0.2) is 16.0 Å². The first-order valence-corrected chi connectivity index (χ1v) is 7.51. The Morgan fingerprint density at radius 3 is 3.11 bits per heavy atom. The minimum atomic E-state index is -0.172. The number of aryl methyl sites for hydroxylation is 1. The van der Waals surface area contributed by atoms with E-state index in [1.807, 2.05) is 4.90 Å². The van der Waals surface area contributed by atoms with Gasteiger partial charge in [0, 0.05) is 24.8 Å². The number of amides is 1. The number of aromatic nitrogens is 2. The van der Waals surface area contributed by atoms with E-state index in [4.69, 9.17) is 0 Å². The first-order chi connectivity index (χ1) is 9.04. The van der Waals surface area contributed by atoms with Crippen molar-refractivity contribution < 1.29 is 4.79 Å². The fourth-order valence-corrected chi connectivity index (χ4v) is 3.08. The predicted octanol–water partition coefficient (Wildman–Crippen LogP) is 1.43. The molecule has 1 aromatic rings. The van der Waals surface area contributed by atoms with Crippen LogP contribution in [-0.4, -0.2) is 39.6 Å². The molecular weight excluding hydrogens is 262 g/mol. The Kier molecular flexibility index (Phi) is 4.63. The zero-order valence-corrected chi connectivity index (χ0v) is 12.1. The maximum absolute atomic E-state index is 12.1. The number of nitrogens with one attached hydrogen (secondary N) is 1. The van der Waals surface area contributed by atoms with E-state index in [-0.39, 0.29) is 11.5 Å². The molecule has 2 rings (SSSR count). The van der Waals surface area contributed by atoms with Gasteiger partial charge in [0.15, 0.2) is 5.16 Å². The predicted molar refractivity (Wildman–Crippen MR) is 75.3 cm³/mol. The number of piperidine rings is 1. The van der Waals surface area contributed by atoms with Crippen molar-refractivity contribution in [3.8, 4) is 0 Å². The average Bonchev–Trinajstić information content (AvgIpc) is 2.35. The lowest BCUT2D eigenvalue weighted by Gasteiger charge is -2.30. The highest BCUT2D eigenvalue weighted by Gasteiger charge is 2.20. The van der Waals surface area contributed by atoms with Crippen molar-refractivity contribution in [2.24, 2.45) is 5.92 Å². The van der Waals surface area contributed by atoms with Crippen molar-refractivity contribution in [1.82, 2.24) is 14.9 Å². The molecule has 0 aromatic carbocycles. The van der Waals surface area contributed by atoms with Crippen molar-refractivity contribution >= 4 is 17.7 Å². The molecule has 19 heavy (non-hydrogen) atoms. The summed E-state index contributed by atoms with van der Waals surface area (Å²) >= 11 is 1.29. The van der Waals surface area contributed by atoms with E-state index in [1.54, 1.807) is 6.92 Å². The highest BCUT2D eigenvalue weighted by atomic mass is 32.2. The fraction of sp³-hybridized carbons (Fsp3) is 0.615. The van der Waals surface area contributed by atoms with Crippen LogP contribution in [0.5, 0.6) is 0 Å². The number of carbonyl (C=O) groups is 1. The highest BCUT2D eigenvalue weighted by Crippen LogP contribution is 2.18. The third-order valence-electron chi connectivity index (χ3n) is 3.19. The van der Waals surface area contributed by atoms with E-state index in [0.717, 1.165) is 19.5 Å². The Balaban J connectivity index is 1.91. The Morgan fingerprint density at radius 2 is 2.42 bits per heavy atom. The second-order valence-electron chi connectivity index (χ2n) is 5.07. The molecule has 1 saturated heterocycles. The first-order valence-electron chi connectivity index (χ1n) is 6.53. The van der Waals surface area contributed by atoms with Gasteiger partial charge in [-0.05, 0) is 25.7 Å². The molecule has 1 fully saturated rings. The largest absolute Gasteiger partial charge is 0.342 e. The summed E-state index contributed by atoms with van der Waals surface area (Å²) < 4.78 is 0. The number of hydrogen-bond donors (Lipinski definition) is 1. The summed E-state index contributed by atoms with van der Waals surface area (Å²) in [5.41, 5.74) is 0.499. The zero-order valence-electron chi connectivity index (χ0n) is 11.3. The van der Waals surface area contributed by atoms with Gasteiger partial charge >= 0.3 is 0 Å². The van der Waals surface area contributed by atoms with Gasteiger partial charge in [-0.15, -0.1) is 0 Å². The third kappa shape index (κ3) is 4.09. The summed E-state index contributed by atoms with van der Waals surface area (Å²) in [6.45, 7) is 5.64. The summed E-state index contributed by atoms with van der Waals surface area (Å²) in [5, 5.41) is 0.517. The molecule has 1 atom stereocenters. The van der Waals surface area contributed by atoms with Gasteiger partial charge in [0.2, 0.25) is 5.91 Å². The molecule has 1 amide bonds. The molecule has 0 bridgehead atoms. The zero-order chi connectivity index (χ0) is 13.8. The SMILES string of the molecule is Cc1cc(=O)[nH]c(SCC(=O)N2CCC[C@@H](C)C2)n1. The molecule has 1 aromatic heterocycles. The van der Waals surface area contributed by atoms with E-state index in [2.05, 4.69) is 16.9 Å². The normalized spacial score (nSPS) is 19.5. The van der Waals surface area contributed by atoms with Crippen LogP contribution in [0.4, 0.5) is 0 Å². The molecule has 0 saturated carbocycles. The minimum Gasteiger partial charge on any atom is -0.342 e. The highest BCUT2D eigenvalue weighted by molar-refractivity contribution is 7.99. The molecule has 1 N–H and O–H groups in total. The molecule has 1 aliphatic rings. The number of aromatic amines is 1. The second-order valence-corrected chi connectivity index (χ2v) is 6.03. The smallest absolute Gasteiger partial charge is 0.251 e. The average molecular weight is 281 g/mol. The van der Waals surface area contributed by atoms with E-state index >= 15 is 0 Å². The van der Waals surface area contributed by atoms with Crippen molar-refractivity contribution in [2.45, 2.75) is 31.8 Å². The first kappa shape index (κ1) is 14.1. The lowest BCUT2D eigenvalue weighted by Crippen LogP contribution is -2.40. The Morgan fingerprint density at radius 1 is 1.63 bits per heavy atom. The van der Waals surface area contributed by atoms with Crippen molar-refractivity contribution in [3.63, 3.8) is 0 Å². The van der Waals surface area contributed by atoms with Gasteiger partial charge in [-0.1, -0.05) is 18.7 Å². The van der Waals surface area contributed by atoms with E-state index in [0.29, 0.717) is 22.5 Å². The maximum atomic E-state index is 12.1. The quantitative estimate of drug-likeness (QED) is 0.672. The molecule has 0 radical (unpaired) electrons. The summed E-state index contributed by atoms with van der Waals surface area (Å²) in [6.07, 6.45) is 2.28. The van der Waals surface area contributed by atoms with Crippen LogP contribution in [0.2, 0.25) is 0 Å². The molecule has 0 spiro atoms. The Hall–Kier alpha value is -1.30. The molecule has 0 aliphatic carbocycles. The number of carbonyl (C=O) groups excluding carboxylic acids is 1. The van der Waals surface area contributed by atoms with Crippen molar-refractivity contribution in [2.75, 3.05) is 18.8 Å². The molecule has 0 unspecified atom stereocenters. The summed E-state index contributed by atoms with van der Waals surface area (Å²) in [6, 6.07) is 1.44. The van der Waals surface area contributed by atoms with Gasteiger partial charge in [0.05, 0.1) is 5.75 Å². The van der Waals surface area contributed by atoms with Gasteiger partial charge in [-0.3, -0.25) is 9.59 Å². The van der Waals surface area contributed by atoms with Crippen molar-refractivity contribution in [1.29, 1.82) is 0 Å². The van der Waals surface area contributed by atoms with Crippen LogP contribution in [-0.2, 0) is 4.79 Å². The van der Waals surface area contributed by atoms with Crippen molar-refractivity contribution in [3.05, 3.63) is 22.1 Å². The lowest BCUT2D eigenvalue weighted by atomic mass is 10.0. The summed E-state index contributed by atoms with van der Waals surface area (Å²) in [4.78, 5) is 32.1. The topological polar surface area (TPSA) is 66.1 Å². The number of rotatable bonds is 3. The van der Waals surface area contributed by atoms with Crippen LogP contribution >= 0.6 is 11.8 Å². The molecule has 6 heteroatoms. The van der Waals surface area contributed by atoms with E-state index < -0.39 is 0 Å². The van der Waals surface area contributed by atoms with Crippen LogP contribution < -0.4 is 5.56 Å². The second kappa shape index (κ2) is 6.23. The van der Waals surface area contributed by atoms with Crippen LogP contribution in [0, 0.1) is 12.8 Å². The summed E-state index contributed by atoms with van der Waals surface area (Å²) in [7, 11) is 0. The monoisotopic (exact) mass is 281 g/mol. The van der Waals surface area contributed by atoms with Crippen LogP contribution in [0.3, 0.4) is 0 Å². The number of hydrogen-bond acceptors (Lipinski definition) is 4.